The molecule has 1 aromatic rings. The molecule has 1 heterocycles. The van der Waals surface area contributed by atoms with Gasteiger partial charge in [-0.05, 0) is 49.9 Å². The molecule has 1 amide bonds. The molecule has 1 aromatic carbocycles. The number of sulfonamides is 1. The fraction of sp³-hybridized carbons (Fsp3) is 0.500. The van der Waals surface area contributed by atoms with Crippen molar-refractivity contribution in [1.29, 1.82) is 0 Å². The molecule has 1 saturated heterocycles. The second kappa shape index (κ2) is 5.54. The molecule has 2 N–H and O–H groups in total. The van der Waals surface area contributed by atoms with E-state index < -0.39 is 22.0 Å². The quantitative estimate of drug-likeness (QED) is 0.913. The highest BCUT2D eigenvalue weighted by Crippen LogP contribution is 2.26. The Kier molecular flexibility index (Phi) is 4.15. The van der Waals surface area contributed by atoms with Crippen molar-refractivity contribution < 1.29 is 13.2 Å². The van der Waals surface area contributed by atoms with Crippen LogP contribution in [0.15, 0.2) is 23.1 Å². The van der Waals surface area contributed by atoms with Gasteiger partial charge in [0.2, 0.25) is 15.9 Å². The van der Waals surface area contributed by atoms with Crippen molar-refractivity contribution in [3.05, 3.63) is 29.3 Å². The van der Waals surface area contributed by atoms with Crippen LogP contribution in [0, 0.1) is 13.8 Å². The zero-order chi connectivity index (χ0) is 14.9. The fourth-order valence-electron chi connectivity index (χ4n) is 2.49. The number of carbonyl (C=O) groups is 1. The maximum atomic E-state index is 12.7. The van der Waals surface area contributed by atoms with E-state index in [0.717, 1.165) is 24.0 Å². The number of primary amides is 1. The fourth-order valence-corrected chi connectivity index (χ4v) is 4.24. The lowest BCUT2D eigenvalue weighted by molar-refractivity contribution is -0.122. The first-order valence-electron chi connectivity index (χ1n) is 6.72. The molecule has 6 heteroatoms. The molecule has 0 saturated carbocycles. The van der Waals surface area contributed by atoms with Gasteiger partial charge in [0.05, 0.1) is 4.90 Å². The summed E-state index contributed by atoms with van der Waals surface area (Å²) < 4.78 is 26.6. The van der Waals surface area contributed by atoms with Gasteiger partial charge in [0.25, 0.3) is 0 Å². The highest BCUT2D eigenvalue weighted by atomic mass is 32.2. The minimum absolute atomic E-state index is 0.230. The Morgan fingerprint density at radius 3 is 2.55 bits per heavy atom. The summed E-state index contributed by atoms with van der Waals surface area (Å²) in [5, 5.41) is 0. The van der Waals surface area contributed by atoms with E-state index >= 15 is 0 Å². The van der Waals surface area contributed by atoms with Crippen LogP contribution in [0.1, 0.15) is 30.4 Å². The van der Waals surface area contributed by atoms with Crippen LogP contribution in [0.3, 0.4) is 0 Å². The van der Waals surface area contributed by atoms with Gasteiger partial charge in [-0.1, -0.05) is 12.5 Å². The molecule has 5 nitrogen and oxygen atoms in total. The second-order valence-corrected chi connectivity index (χ2v) is 7.17. The molecule has 0 aliphatic carbocycles. The molecule has 1 aliphatic rings. The third kappa shape index (κ3) is 2.71. The largest absolute Gasteiger partial charge is 0.368 e. The Morgan fingerprint density at radius 2 is 1.95 bits per heavy atom. The van der Waals surface area contributed by atoms with Crippen LogP contribution in [0.25, 0.3) is 0 Å². The summed E-state index contributed by atoms with van der Waals surface area (Å²) in [7, 11) is -3.66. The number of carbonyl (C=O) groups excluding carboxylic acids is 1. The molecule has 1 atom stereocenters. The lowest BCUT2D eigenvalue weighted by Gasteiger charge is -2.32. The van der Waals surface area contributed by atoms with Crippen LogP contribution in [0.5, 0.6) is 0 Å². The average molecular weight is 296 g/mol. The number of benzene rings is 1. The van der Waals surface area contributed by atoms with E-state index in [1.54, 1.807) is 18.2 Å². The van der Waals surface area contributed by atoms with Crippen molar-refractivity contribution in [2.24, 2.45) is 5.73 Å². The highest BCUT2D eigenvalue weighted by molar-refractivity contribution is 7.89. The van der Waals surface area contributed by atoms with Gasteiger partial charge in [0, 0.05) is 6.54 Å². The van der Waals surface area contributed by atoms with Crippen LogP contribution in [0.2, 0.25) is 0 Å². The monoisotopic (exact) mass is 296 g/mol. The zero-order valence-corrected chi connectivity index (χ0v) is 12.6. The molecule has 1 unspecified atom stereocenters. The van der Waals surface area contributed by atoms with Crippen LogP contribution in [-0.2, 0) is 14.8 Å². The number of nitrogens with two attached hydrogens (primary N) is 1. The number of aryl methyl sites for hydroxylation is 2. The SMILES string of the molecule is Cc1ccc(S(=O)(=O)N2CCCCC2C(N)=O)cc1C. The first-order valence-corrected chi connectivity index (χ1v) is 8.16. The third-order valence-corrected chi connectivity index (χ3v) is 5.77. The predicted octanol–water partition coefficient (Wildman–Crippen LogP) is 1.33. The van der Waals surface area contributed by atoms with E-state index in [2.05, 4.69) is 0 Å². The third-order valence-electron chi connectivity index (χ3n) is 3.87. The van der Waals surface area contributed by atoms with Crippen molar-refractivity contribution in [1.82, 2.24) is 4.31 Å². The lowest BCUT2D eigenvalue weighted by atomic mass is 10.0. The number of nitrogens with zero attached hydrogens (tertiary/aromatic N) is 1. The first kappa shape index (κ1) is 15.0. The molecule has 0 radical (unpaired) electrons. The van der Waals surface area contributed by atoms with E-state index in [1.807, 2.05) is 13.8 Å². The summed E-state index contributed by atoms with van der Waals surface area (Å²) in [4.78, 5) is 11.7. The van der Waals surface area contributed by atoms with Gasteiger partial charge in [-0.2, -0.15) is 4.31 Å². The lowest BCUT2D eigenvalue weighted by Crippen LogP contribution is -2.50. The number of piperidine rings is 1. The second-order valence-electron chi connectivity index (χ2n) is 5.28. The minimum Gasteiger partial charge on any atom is -0.368 e. The van der Waals surface area contributed by atoms with Crippen LogP contribution < -0.4 is 5.73 Å². The van der Waals surface area contributed by atoms with E-state index in [0.29, 0.717) is 13.0 Å². The molecule has 1 aliphatic heterocycles. The number of rotatable bonds is 3. The summed E-state index contributed by atoms with van der Waals surface area (Å²) in [6.45, 7) is 4.15. The Balaban J connectivity index is 2.42. The Hall–Kier alpha value is -1.40. The Morgan fingerprint density at radius 1 is 1.25 bits per heavy atom. The zero-order valence-electron chi connectivity index (χ0n) is 11.8. The topological polar surface area (TPSA) is 80.5 Å². The van der Waals surface area contributed by atoms with Crippen molar-refractivity contribution in [2.45, 2.75) is 44.0 Å². The average Bonchev–Trinajstić information content (AvgIpc) is 2.41. The van der Waals surface area contributed by atoms with E-state index in [1.165, 1.54) is 4.31 Å². The summed E-state index contributed by atoms with van der Waals surface area (Å²) >= 11 is 0. The van der Waals surface area contributed by atoms with Gasteiger partial charge in [0.15, 0.2) is 0 Å². The molecule has 2 rings (SSSR count). The van der Waals surface area contributed by atoms with Crippen LogP contribution >= 0.6 is 0 Å². The Bertz CT molecular complexity index is 625. The molecule has 0 aromatic heterocycles. The Labute approximate surface area is 119 Å². The minimum atomic E-state index is -3.66. The van der Waals surface area contributed by atoms with Crippen molar-refractivity contribution in [2.75, 3.05) is 6.54 Å². The first-order chi connectivity index (χ1) is 9.34. The molecular formula is C14H20N2O3S. The molecule has 0 spiro atoms. The summed E-state index contributed by atoms with van der Waals surface area (Å²) in [6.07, 6.45) is 2.08. The predicted molar refractivity (Wildman–Crippen MR) is 76.6 cm³/mol. The standard InChI is InChI=1S/C14H20N2O3S/c1-10-6-7-12(9-11(10)2)20(18,19)16-8-4-3-5-13(16)14(15)17/h6-7,9,13H,3-5,8H2,1-2H3,(H2,15,17). The van der Waals surface area contributed by atoms with Gasteiger partial charge in [-0.25, -0.2) is 8.42 Å². The maximum Gasteiger partial charge on any atom is 0.243 e. The van der Waals surface area contributed by atoms with Crippen LogP contribution in [-0.4, -0.2) is 31.2 Å². The molecular weight excluding hydrogens is 276 g/mol. The molecule has 1 fully saturated rings. The van der Waals surface area contributed by atoms with E-state index in [9.17, 15) is 13.2 Å². The van der Waals surface area contributed by atoms with Crippen molar-refractivity contribution in [3.63, 3.8) is 0 Å². The van der Waals surface area contributed by atoms with Crippen LogP contribution in [0.4, 0.5) is 0 Å². The van der Waals surface area contributed by atoms with Gasteiger partial charge in [0.1, 0.15) is 6.04 Å². The summed E-state index contributed by atoms with van der Waals surface area (Å²) in [5.41, 5.74) is 7.29. The smallest absolute Gasteiger partial charge is 0.243 e. The van der Waals surface area contributed by atoms with Gasteiger partial charge < -0.3 is 5.73 Å². The summed E-state index contributed by atoms with van der Waals surface area (Å²) in [5.74, 6) is -0.572. The normalized spacial score (nSPS) is 20.8. The number of amides is 1. The van der Waals surface area contributed by atoms with Crippen molar-refractivity contribution >= 4 is 15.9 Å². The van der Waals surface area contributed by atoms with Gasteiger partial charge >= 0.3 is 0 Å². The van der Waals surface area contributed by atoms with Gasteiger partial charge in [-0.3, -0.25) is 4.79 Å². The van der Waals surface area contributed by atoms with Gasteiger partial charge in [-0.15, -0.1) is 0 Å². The van der Waals surface area contributed by atoms with E-state index in [-0.39, 0.29) is 4.90 Å². The number of hydrogen-bond acceptors (Lipinski definition) is 3. The molecule has 20 heavy (non-hydrogen) atoms. The maximum absolute atomic E-state index is 12.7. The number of hydrogen-bond donors (Lipinski definition) is 1. The van der Waals surface area contributed by atoms with Crippen molar-refractivity contribution in [3.8, 4) is 0 Å². The highest BCUT2D eigenvalue weighted by Gasteiger charge is 2.36. The molecule has 0 bridgehead atoms. The summed E-state index contributed by atoms with van der Waals surface area (Å²) in [6, 6.07) is 4.29. The van der Waals surface area contributed by atoms with E-state index in [4.69, 9.17) is 5.73 Å². The molecule has 110 valence electrons.